The van der Waals surface area contributed by atoms with Crippen LogP contribution in [-0.4, -0.2) is 46.0 Å². The Bertz CT molecular complexity index is 1330. The van der Waals surface area contributed by atoms with Crippen molar-refractivity contribution in [3.63, 3.8) is 0 Å². The van der Waals surface area contributed by atoms with Crippen LogP contribution in [0.25, 0.3) is 5.57 Å². The van der Waals surface area contributed by atoms with Gasteiger partial charge in [0.05, 0.1) is 23.8 Å². The zero-order valence-corrected chi connectivity index (χ0v) is 18.7. The highest BCUT2D eigenvalue weighted by molar-refractivity contribution is 6.04. The van der Waals surface area contributed by atoms with E-state index in [0.29, 0.717) is 6.07 Å². The van der Waals surface area contributed by atoms with E-state index in [2.05, 4.69) is 15.0 Å². The first-order valence-corrected chi connectivity index (χ1v) is 10.6. The van der Waals surface area contributed by atoms with Crippen LogP contribution in [0.15, 0.2) is 53.8 Å². The topological polar surface area (TPSA) is 82.5 Å². The Balaban J connectivity index is 1.58. The van der Waals surface area contributed by atoms with Crippen LogP contribution in [0, 0.1) is 0 Å². The first-order chi connectivity index (χ1) is 17.6. The maximum atomic E-state index is 13.5. The third kappa shape index (κ3) is 6.23. The van der Waals surface area contributed by atoms with Crippen LogP contribution in [0.1, 0.15) is 28.7 Å². The van der Waals surface area contributed by atoms with Crippen LogP contribution in [0.5, 0.6) is 0 Å². The fourth-order valence-electron chi connectivity index (χ4n) is 3.67. The summed E-state index contributed by atoms with van der Waals surface area (Å²) in [5, 5.41) is 3.48. The Hall–Kier alpha value is -4.11. The van der Waals surface area contributed by atoms with Gasteiger partial charge in [-0.15, -0.1) is 0 Å². The fourth-order valence-corrected chi connectivity index (χ4v) is 3.67. The minimum atomic E-state index is -4.84. The number of carbonyl (C=O) groups is 1. The van der Waals surface area contributed by atoms with E-state index in [1.54, 1.807) is 0 Å². The van der Waals surface area contributed by atoms with Gasteiger partial charge >= 0.3 is 24.6 Å². The first-order valence-electron chi connectivity index (χ1n) is 10.6. The van der Waals surface area contributed by atoms with Crippen molar-refractivity contribution >= 4 is 23.1 Å². The summed E-state index contributed by atoms with van der Waals surface area (Å²) in [5.41, 5.74) is -1.33. The lowest BCUT2D eigenvalue weighted by molar-refractivity contribution is -0.145. The minimum absolute atomic E-state index is 0.0348. The van der Waals surface area contributed by atoms with Gasteiger partial charge in [-0.3, -0.25) is 4.99 Å². The van der Waals surface area contributed by atoms with Crippen molar-refractivity contribution in [2.45, 2.75) is 24.6 Å². The number of amidine groups is 1. The van der Waals surface area contributed by atoms with Gasteiger partial charge in [-0.1, -0.05) is 0 Å². The highest BCUT2D eigenvalue weighted by atomic mass is 19.4. The van der Waals surface area contributed by atoms with Gasteiger partial charge in [0.2, 0.25) is 5.82 Å². The number of amides is 2. The third-order valence-corrected chi connectivity index (χ3v) is 5.31. The molecule has 2 amide bonds. The molecule has 0 saturated carbocycles. The molecule has 2 aromatic rings. The summed E-state index contributed by atoms with van der Waals surface area (Å²) in [6.45, 7) is -1.74. The van der Waals surface area contributed by atoms with Crippen LogP contribution in [0.4, 0.5) is 50.0 Å². The summed E-state index contributed by atoms with van der Waals surface area (Å²) in [7, 11) is 0. The van der Waals surface area contributed by atoms with E-state index in [4.69, 9.17) is 0 Å². The van der Waals surface area contributed by atoms with Gasteiger partial charge in [0.1, 0.15) is 12.4 Å². The molecule has 1 aromatic carbocycles. The lowest BCUT2D eigenvalue weighted by Gasteiger charge is -2.27. The van der Waals surface area contributed by atoms with Crippen LogP contribution in [0.2, 0.25) is 0 Å². The molecule has 38 heavy (non-hydrogen) atoms. The Morgan fingerprint density at radius 2 is 1.76 bits per heavy atom. The van der Waals surface area contributed by atoms with Gasteiger partial charge in [-0.25, -0.2) is 14.8 Å². The molecule has 1 unspecified atom stereocenters. The van der Waals surface area contributed by atoms with E-state index in [1.807, 2.05) is 5.32 Å². The number of fused-ring (bicyclic) bond motifs is 1. The highest BCUT2D eigenvalue weighted by Gasteiger charge is 2.36. The van der Waals surface area contributed by atoms with Crippen molar-refractivity contribution < 1.29 is 44.3 Å². The molecule has 4 rings (SSSR count). The van der Waals surface area contributed by atoms with Gasteiger partial charge in [0, 0.05) is 23.7 Å². The molecule has 0 saturated heterocycles. The number of benzene rings is 1. The normalized spacial score (nSPS) is 17.6. The van der Waals surface area contributed by atoms with E-state index in [-0.39, 0.29) is 29.2 Å². The monoisotopic (exact) mass is 550 g/mol. The number of hydrogen-bond donors (Lipinski definition) is 2. The number of rotatable bonds is 4. The molecular formula is C22H15F9N6O. The second-order valence-electron chi connectivity index (χ2n) is 8.06. The van der Waals surface area contributed by atoms with E-state index < -0.39 is 54.2 Å². The molecule has 1 aromatic heterocycles. The van der Waals surface area contributed by atoms with Crippen molar-refractivity contribution in [1.82, 2.24) is 20.2 Å². The number of allylic oxidation sites excluding steroid dienone is 2. The van der Waals surface area contributed by atoms with Crippen molar-refractivity contribution in [3.8, 4) is 0 Å². The van der Waals surface area contributed by atoms with Gasteiger partial charge in [0.25, 0.3) is 0 Å². The number of alkyl halides is 9. The van der Waals surface area contributed by atoms with Crippen LogP contribution >= 0.6 is 0 Å². The average molecular weight is 550 g/mol. The van der Waals surface area contributed by atoms with E-state index in [0.717, 1.165) is 12.3 Å². The summed E-state index contributed by atoms with van der Waals surface area (Å²) in [6, 6.07) is 1.64. The summed E-state index contributed by atoms with van der Waals surface area (Å²) >= 11 is 0. The van der Waals surface area contributed by atoms with Gasteiger partial charge in [-0.2, -0.15) is 39.5 Å². The molecular weight excluding hydrogens is 535 g/mol. The third-order valence-electron chi connectivity index (χ3n) is 5.31. The standard InChI is InChI=1S/C22H15F9N6O/c23-20(24,25)10-34-19(38)35-14-6-12(5-13(8-14)21(26,27)28)16-9-33-17-7-11(2-4-37(16)17)15-1-3-32-18(36-15)22(29,30)31/h1-8,16H,9-10H2,(H2,34,35,38). The molecule has 0 radical (unpaired) electrons. The largest absolute Gasteiger partial charge is 0.451 e. The van der Waals surface area contributed by atoms with Gasteiger partial charge in [-0.05, 0) is 42.0 Å². The Morgan fingerprint density at radius 3 is 2.42 bits per heavy atom. The molecule has 2 N–H and O–H groups in total. The quantitative estimate of drug-likeness (QED) is 0.489. The lowest BCUT2D eigenvalue weighted by atomic mass is 10.0. The lowest BCUT2D eigenvalue weighted by Crippen LogP contribution is -2.36. The van der Waals surface area contributed by atoms with Crippen molar-refractivity contribution in [2.24, 2.45) is 4.99 Å². The summed E-state index contributed by atoms with van der Waals surface area (Å²) < 4.78 is 116. The number of hydrogen-bond acceptors (Lipinski definition) is 5. The zero-order chi connectivity index (χ0) is 27.9. The molecule has 0 spiro atoms. The van der Waals surface area contributed by atoms with Crippen LogP contribution in [-0.2, 0) is 12.4 Å². The molecule has 0 aliphatic carbocycles. The van der Waals surface area contributed by atoms with E-state index in [9.17, 15) is 44.3 Å². The number of urea groups is 1. The average Bonchev–Trinajstić information content (AvgIpc) is 3.24. The summed E-state index contributed by atoms with van der Waals surface area (Å²) in [6.07, 6.45) is -9.18. The molecule has 7 nitrogen and oxygen atoms in total. The molecule has 2 aliphatic rings. The van der Waals surface area contributed by atoms with E-state index in [1.165, 1.54) is 40.7 Å². The highest BCUT2D eigenvalue weighted by Crippen LogP contribution is 2.38. The predicted molar refractivity (Wildman–Crippen MR) is 116 cm³/mol. The second kappa shape index (κ2) is 9.64. The van der Waals surface area contributed by atoms with Crippen molar-refractivity contribution in [2.75, 3.05) is 18.4 Å². The number of nitrogens with zero attached hydrogens (tertiary/aromatic N) is 4. The molecule has 16 heteroatoms. The molecule has 1 atom stereocenters. The van der Waals surface area contributed by atoms with Gasteiger partial charge < -0.3 is 15.5 Å². The fraction of sp³-hybridized carbons (Fsp3) is 0.273. The number of carbonyl (C=O) groups excluding carboxylic acids is 1. The van der Waals surface area contributed by atoms with Crippen LogP contribution < -0.4 is 10.6 Å². The number of aromatic nitrogens is 2. The number of aliphatic imine (C=N–C) groups is 1. The van der Waals surface area contributed by atoms with Crippen molar-refractivity contribution in [1.29, 1.82) is 0 Å². The van der Waals surface area contributed by atoms with E-state index >= 15 is 0 Å². The maximum absolute atomic E-state index is 13.5. The number of halogens is 9. The molecule has 2 aliphatic heterocycles. The number of nitrogens with one attached hydrogen (secondary N) is 2. The molecule has 202 valence electrons. The molecule has 3 heterocycles. The minimum Gasteiger partial charge on any atom is -0.329 e. The number of anilines is 1. The molecule has 0 fully saturated rings. The Labute approximate surface area is 207 Å². The predicted octanol–water partition coefficient (Wildman–Crippen LogP) is 5.56. The second-order valence-corrected chi connectivity index (χ2v) is 8.06. The Morgan fingerprint density at radius 1 is 1.03 bits per heavy atom. The maximum Gasteiger partial charge on any atom is 0.451 e. The molecule has 0 bridgehead atoms. The zero-order valence-electron chi connectivity index (χ0n) is 18.7. The van der Waals surface area contributed by atoms with Crippen molar-refractivity contribution in [3.05, 3.63) is 71.5 Å². The SMILES string of the molecule is O=C(NCC(F)(F)F)Nc1cc(C2CN=C3C=C(c4ccnc(C(F)(F)F)n4)C=CN32)cc(C(F)(F)F)c1. The van der Waals surface area contributed by atoms with Gasteiger partial charge in [0.15, 0.2) is 0 Å². The summed E-state index contributed by atoms with van der Waals surface area (Å²) in [5.74, 6) is -1.12. The Kier molecular flexibility index (Phi) is 6.84. The summed E-state index contributed by atoms with van der Waals surface area (Å²) in [4.78, 5) is 24.2. The smallest absolute Gasteiger partial charge is 0.329 e. The first kappa shape index (κ1) is 26.9. The van der Waals surface area contributed by atoms with Crippen LogP contribution in [0.3, 0.4) is 0 Å².